The van der Waals surface area contributed by atoms with Gasteiger partial charge in [-0.2, -0.15) is 0 Å². The van der Waals surface area contributed by atoms with Gasteiger partial charge in [-0.1, -0.05) is 71.3 Å². The van der Waals surface area contributed by atoms with Crippen LogP contribution in [0.4, 0.5) is 0 Å². The highest BCUT2D eigenvalue weighted by Crippen LogP contribution is 2.47. The number of azide groups is 1. The fourth-order valence-corrected chi connectivity index (χ4v) is 3.25. The Morgan fingerprint density at radius 2 is 1.65 bits per heavy atom. The first kappa shape index (κ1) is 16.3. The van der Waals surface area contributed by atoms with Gasteiger partial charge in [0.05, 0.1) is 0 Å². The first-order chi connectivity index (χ1) is 12.8. The van der Waals surface area contributed by atoms with Crippen molar-refractivity contribution in [3.8, 4) is 33.8 Å². The summed E-state index contributed by atoms with van der Waals surface area (Å²) in [4.78, 5) is 2.75. The van der Waals surface area contributed by atoms with Gasteiger partial charge in [-0.3, -0.25) is 0 Å². The van der Waals surface area contributed by atoms with Gasteiger partial charge >= 0.3 is 0 Å². The highest BCUT2D eigenvalue weighted by atomic mass is 35.5. The minimum atomic E-state index is -0.651. The van der Waals surface area contributed by atoms with Crippen LogP contribution in [0.25, 0.3) is 32.7 Å². The van der Waals surface area contributed by atoms with Crippen molar-refractivity contribution in [1.29, 1.82) is 0 Å². The van der Waals surface area contributed by atoms with Crippen LogP contribution in [0, 0.1) is 0 Å². The van der Waals surface area contributed by atoms with E-state index in [0.717, 1.165) is 22.3 Å². The van der Waals surface area contributed by atoms with Crippen LogP contribution in [0.15, 0.2) is 71.8 Å². The molecular weight excluding hydrogens is 350 g/mol. The van der Waals surface area contributed by atoms with Gasteiger partial charge in [-0.15, -0.1) is 0 Å². The topological polar surface area (TPSA) is 67.2 Å². The van der Waals surface area contributed by atoms with Crippen molar-refractivity contribution >= 4 is 11.6 Å². The summed E-state index contributed by atoms with van der Waals surface area (Å²) in [5.41, 5.74) is 12.5. The van der Waals surface area contributed by atoms with Gasteiger partial charge in [0.1, 0.15) is 6.54 Å². The fraction of sp³-hybridized carbons (Fsp3) is 0.100. The zero-order chi connectivity index (χ0) is 17.9. The Kier molecular flexibility index (Phi) is 4.40. The lowest BCUT2D eigenvalue weighted by atomic mass is 9.94. The zero-order valence-corrected chi connectivity index (χ0v) is 14.4. The van der Waals surface area contributed by atoms with Crippen LogP contribution in [0.5, 0.6) is 11.5 Å². The van der Waals surface area contributed by atoms with Crippen LogP contribution >= 0.6 is 11.6 Å². The van der Waals surface area contributed by atoms with E-state index in [1.54, 1.807) is 6.07 Å². The number of halogens is 1. The third-order valence-electron chi connectivity index (χ3n) is 4.12. The minimum absolute atomic E-state index is 0.0859. The predicted molar refractivity (Wildman–Crippen MR) is 101 cm³/mol. The molecule has 0 aliphatic carbocycles. The van der Waals surface area contributed by atoms with Crippen LogP contribution in [0.2, 0.25) is 5.02 Å². The minimum Gasteiger partial charge on any atom is -0.451 e. The van der Waals surface area contributed by atoms with Crippen LogP contribution in [0.3, 0.4) is 0 Å². The normalized spacial score (nSPS) is 14.7. The summed E-state index contributed by atoms with van der Waals surface area (Å²) in [6.45, 7) is 0.0859. The molecule has 1 aliphatic heterocycles. The van der Waals surface area contributed by atoms with E-state index in [1.807, 2.05) is 42.5 Å². The third-order valence-corrected chi connectivity index (χ3v) is 4.34. The largest absolute Gasteiger partial charge is 0.451 e. The highest BCUT2D eigenvalue weighted by molar-refractivity contribution is 6.31. The van der Waals surface area contributed by atoms with Crippen molar-refractivity contribution in [1.82, 2.24) is 0 Å². The molecule has 0 radical (unpaired) electrons. The monoisotopic (exact) mass is 363 g/mol. The molecule has 128 valence electrons. The van der Waals surface area contributed by atoms with Gasteiger partial charge in [0.25, 0.3) is 0 Å². The molecule has 26 heavy (non-hydrogen) atoms. The van der Waals surface area contributed by atoms with Crippen molar-refractivity contribution in [2.45, 2.75) is 6.29 Å². The summed E-state index contributed by atoms with van der Waals surface area (Å²) in [5, 5.41) is 4.07. The lowest BCUT2D eigenvalue weighted by molar-refractivity contribution is 0.0584. The molecule has 0 aromatic heterocycles. The Morgan fingerprint density at radius 3 is 2.42 bits per heavy atom. The molecule has 1 aliphatic rings. The van der Waals surface area contributed by atoms with E-state index >= 15 is 0 Å². The van der Waals surface area contributed by atoms with Crippen LogP contribution in [0.1, 0.15) is 0 Å². The summed E-state index contributed by atoms with van der Waals surface area (Å²) in [6, 6.07) is 21.7. The molecule has 6 heteroatoms. The van der Waals surface area contributed by atoms with Gasteiger partial charge in [-0.05, 0) is 28.3 Å². The van der Waals surface area contributed by atoms with E-state index in [9.17, 15) is 0 Å². The standard InChI is InChI=1S/C20H14ClN3O2/c21-14-10-17(20-18(11-14)25-19(26-20)12-23-24-22)16-9-5-4-8-15(16)13-6-2-1-3-7-13/h1-11,19H,12H2. The maximum absolute atomic E-state index is 8.51. The number of fused-ring (bicyclic) bond motifs is 1. The number of hydrogen-bond donors (Lipinski definition) is 0. The molecule has 0 saturated heterocycles. The SMILES string of the molecule is [N-]=[N+]=NCC1Oc2cc(Cl)cc(-c3ccccc3-c3ccccc3)c2O1. The Balaban J connectivity index is 1.83. The van der Waals surface area contributed by atoms with Crippen LogP contribution in [-0.2, 0) is 0 Å². The fourth-order valence-electron chi connectivity index (χ4n) is 3.04. The quantitative estimate of drug-likeness (QED) is 0.320. The Labute approximate surface area is 155 Å². The molecule has 0 spiro atoms. The molecule has 0 fully saturated rings. The molecule has 0 bridgehead atoms. The predicted octanol–water partition coefficient (Wildman–Crippen LogP) is 6.08. The lowest BCUT2D eigenvalue weighted by Gasteiger charge is -2.13. The van der Waals surface area contributed by atoms with E-state index in [4.69, 9.17) is 26.6 Å². The second-order valence-electron chi connectivity index (χ2n) is 5.77. The summed E-state index contributed by atoms with van der Waals surface area (Å²) in [5.74, 6) is 1.16. The van der Waals surface area contributed by atoms with Gasteiger partial charge < -0.3 is 9.47 Å². The van der Waals surface area contributed by atoms with Crippen molar-refractivity contribution < 1.29 is 9.47 Å². The molecule has 3 aromatic carbocycles. The van der Waals surface area contributed by atoms with Gasteiger partial charge in [-0.25, -0.2) is 0 Å². The molecule has 1 atom stereocenters. The molecule has 1 heterocycles. The molecule has 5 nitrogen and oxygen atoms in total. The number of hydrogen-bond acceptors (Lipinski definition) is 3. The maximum Gasteiger partial charge on any atom is 0.247 e. The Hall–Kier alpha value is -3.14. The van der Waals surface area contributed by atoms with Crippen molar-refractivity contribution in [3.63, 3.8) is 0 Å². The molecule has 1 unspecified atom stereocenters. The van der Waals surface area contributed by atoms with E-state index in [2.05, 4.69) is 28.2 Å². The molecule has 3 aromatic rings. The van der Waals surface area contributed by atoms with Crippen molar-refractivity contribution in [2.24, 2.45) is 5.11 Å². The van der Waals surface area contributed by atoms with E-state index in [-0.39, 0.29) is 6.54 Å². The lowest BCUT2D eigenvalue weighted by Crippen LogP contribution is -2.21. The Morgan fingerprint density at radius 1 is 0.923 bits per heavy atom. The summed E-state index contributed by atoms with van der Waals surface area (Å²) < 4.78 is 11.6. The highest BCUT2D eigenvalue weighted by Gasteiger charge is 2.28. The summed E-state index contributed by atoms with van der Waals surface area (Å²) in [7, 11) is 0. The van der Waals surface area contributed by atoms with Crippen LogP contribution in [-0.4, -0.2) is 12.8 Å². The summed E-state index contributed by atoms with van der Waals surface area (Å²) >= 11 is 6.31. The first-order valence-corrected chi connectivity index (χ1v) is 8.46. The number of benzene rings is 3. The average molecular weight is 364 g/mol. The maximum atomic E-state index is 8.51. The van der Waals surface area contributed by atoms with Crippen molar-refractivity contribution in [3.05, 3.63) is 82.2 Å². The first-order valence-electron chi connectivity index (χ1n) is 8.09. The molecule has 0 amide bonds. The second-order valence-corrected chi connectivity index (χ2v) is 6.21. The smallest absolute Gasteiger partial charge is 0.247 e. The molecular formula is C20H14ClN3O2. The van der Waals surface area contributed by atoms with Gasteiger partial charge in [0.15, 0.2) is 11.5 Å². The zero-order valence-electron chi connectivity index (χ0n) is 13.7. The molecule has 0 N–H and O–H groups in total. The number of nitrogens with zero attached hydrogens (tertiary/aromatic N) is 3. The summed E-state index contributed by atoms with van der Waals surface area (Å²) in [6.07, 6.45) is -0.651. The van der Waals surface area contributed by atoms with E-state index in [0.29, 0.717) is 16.5 Å². The van der Waals surface area contributed by atoms with Gasteiger partial charge in [0.2, 0.25) is 6.29 Å². The van der Waals surface area contributed by atoms with Gasteiger partial charge in [0, 0.05) is 21.6 Å². The number of ether oxygens (including phenoxy) is 2. The molecule has 0 saturated carbocycles. The van der Waals surface area contributed by atoms with E-state index in [1.165, 1.54) is 0 Å². The van der Waals surface area contributed by atoms with Crippen molar-refractivity contribution in [2.75, 3.05) is 6.54 Å². The average Bonchev–Trinajstić information content (AvgIpc) is 3.09. The van der Waals surface area contributed by atoms with E-state index < -0.39 is 6.29 Å². The molecule has 4 rings (SSSR count). The Bertz CT molecular complexity index is 1000. The number of rotatable bonds is 4. The second kappa shape index (κ2) is 7.00. The third kappa shape index (κ3) is 3.06. The van der Waals surface area contributed by atoms with Crippen LogP contribution < -0.4 is 9.47 Å².